The van der Waals surface area contributed by atoms with Gasteiger partial charge in [-0.3, -0.25) is 4.79 Å². The number of aromatic nitrogens is 1. The quantitative estimate of drug-likeness (QED) is 0.566. The molecule has 2 aromatic carbocycles. The van der Waals surface area contributed by atoms with E-state index in [9.17, 15) is 18.3 Å². The molecule has 0 spiro atoms. The predicted octanol–water partition coefficient (Wildman–Crippen LogP) is 3.09. The average Bonchev–Trinajstić information content (AvgIpc) is 3.14. The minimum atomic E-state index is -3.41. The standard InChI is InChI=1S/C27H35N3O5S/c1-18-14-30(19(2)16-31)27(32)26-25(22-12-8-9-13-23(22)29(26)4)21-11-7-6-10-20(21)17-35-24(18)15-28(3)36(5,33)34/h6-13,18-19,24,31H,14-17H2,1-5H3/t18-,19+,24+/m0/s1. The molecule has 1 aliphatic rings. The lowest BCUT2D eigenvalue weighted by Crippen LogP contribution is -2.47. The average molecular weight is 514 g/mol. The normalized spacial score (nSPS) is 20.2. The van der Waals surface area contributed by atoms with Crippen LogP contribution in [0.3, 0.4) is 0 Å². The van der Waals surface area contributed by atoms with Crippen molar-refractivity contribution >= 4 is 26.8 Å². The fourth-order valence-corrected chi connectivity index (χ4v) is 5.33. The van der Waals surface area contributed by atoms with Crippen molar-refractivity contribution in [2.75, 3.05) is 33.0 Å². The van der Waals surface area contributed by atoms with Gasteiger partial charge in [0.2, 0.25) is 10.0 Å². The highest BCUT2D eigenvalue weighted by Crippen LogP contribution is 2.38. The Kier molecular flexibility index (Phi) is 7.56. The van der Waals surface area contributed by atoms with Crippen molar-refractivity contribution in [2.45, 2.75) is 32.6 Å². The van der Waals surface area contributed by atoms with E-state index in [-0.39, 0.29) is 31.6 Å². The zero-order chi connectivity index (χ0) is 26.2. The van der Waals surface area contributed by atoms with Crippen LogP contribution in [0.4, 0.5) is 0 Å². The molecule has 1 aromatic heterocycles. The first-order valence-electron chi connectivity index (χ1n) is 12.1. The van der Waals surface area contributed by atoms with Crippen LogP contribution in [0.1, 0.15) is 29.9 Å². The summed E-state index contributed by atoms with van der Waals surface area (Å²) in [6.45, 7) is 4.32. The Bertz CT molecular complexity index is 1370. The van der Waals surface area contributed by atoms with Crippen molar-refractivity contribution in [1.29, 1.82) is 0 Å². The number of rotatable bonds is 5. The van der Waals surface area contributed by atoms with Crippen molar-refractivity contribution in [3.63, 3.8) is 0 Å². The Morgan fingerprint density at radius 1 is 1.17 bits per heavy atom. The fourth-order valence-electron chi connectivity index (χ4n) is 4.91. The van der Waals surface area contributed by atoms with Crippen molar-refractivity contribution in [3.05, 3.63) is 59.8 Å². The number of para-hydroxylation sites is 1. The van der Waals surface area contributed by atoms with Crippen molar-refractivity contribution in [2.24, 2.45) is 13.0 Å². The topological polar surface area (TPSA) is 92.1 Å². The first kappa shape index (κ1) is 26.3. The van der Waals surface area contributed by atoms with Crippen molar-refractivity contribution in [1.82, 2.24) is 13.8 Å². The maximum Gasteiger partial charge on any atom is 0.271 e. The fraction of sp³-hybridized carbons (Fsp3) is 0.444. The summed E-state index contributed by atoms with van der Waals surface area (Å²) in [6, 6.07) is 15.4. The number of fused-ring (bicyclic) bond motifs is 5. The van der Waals surface area contributed by atoms with E-state index < -0.39 is 22.2 Å². The second-order valence-electron chi connectivity index (χ2n) is 9.82. The van der Waals surface area contributed by atoms with Gasteiger partial charge in [0.1, 0.15) is 5.69 Å². The Morgan fingerprint density at radius 3 is 2.53 bits per heavy atom. The van der Waals surface area contributed by atoms with Crippen LogP contribution >= 0.6 is 0 Å². The van der Waals surface area contributed by atoms with E-state index in [1.807, 2.05) is 74.0 Å². The summed E-state index contributed by atoms with van der Waals surface area (Å²) >= 11 is 0. The first-order valence-corrected chi connectivity index (χ1v) is 14.0. The number of aryl methyl sites for hydroxylation is 1. The molecular formula is C27H35N3O5S. The predicted molar refractivity (Wildman–Crippen MR) is 141 cm³/mol. The Labute approximate surface area is 213 Å². The molecule has 0 bridgehead atoms. The van der Waals surface area contributed by atoms with Gasteiger partial charge >= 0.3 is 0 Å². The highest BCUT2D eigenvalue weighted by Gasteiger charge is 2.34. The molecule has 0 aliphatic carbocycles. The number of hydrogen-bond acceptors (Lipinski definition) is 5. The molecule has 4 rings (SSSR count). The summed E-state index contributed by atoms with van der Waals surface area (Å²) in [6.07, 6.45) is 0.709. The Morgan fingerprint density at radius 2 is 1.83 bits per heavy atom. The number of amides is 1. The molecule has 0 radical (unpaired) electrons. The Balaban J connectivity index is 1.93. The first-order chi connectivity index (χ1) is 17.0. The van der Waals surface area contributed by atoms with Crippen molar-refractivity contribution < 1.29 is 23.1 Å². The molecule has 0 saturated carbocycles. The van der Waals surface area contributed by atoms with Gasteiger partial charge in [-0.1, -0.05) is 49.4 Å². The third kappa shape index (κ3) is 4.93. The lowest BCUT2D eigenvalue weighted by atomic mass is 9.96. The van der Waals surface area contributed by atoms with Gasteiger partial charge in [-0.2, -0.15) is 0 Å². The van der Waals surface area contributed by atoms with Crippen LogP contribution in [0.15, 0.2) is 48.5 Å². The summed E-state index contributed by atoms with van der Waals surface area (Å²) in [5.41, 5.74) is 4.17. The number of carbonyl (C=O) groups is 1. The second kappa shape index (κ2) is 10.3. The number of ether oxygens (including phenoxy) is 1. The molecule has 0 saturated heterocycles. The van der Waals surface area contributed by atoms with Gasteiger partial charge in [0, 0.05) is 49.6 Å². The summed E-state index contributed by atoms with van der Waals surface area (Å²) in [5.74, 6) is -0.375. The van der Waals surface area contributed by atoms with Gasteiger partial charge < -0.3 is 19.3 Å². The van der Waals surface area contributed by atoms with Gasteiger partial charge in [-0.25, -0.2) is 12.7 Å². The molecule has 9 heteroatoms. The Hall–Kier alpha value is -2.72. The lowest BCUT2D eigenvalue weighted by molar-refractivity contribution is -0.0146. The van der Waals surface area contributed by atoms with Crippen LogP contribution in [-0.4, -0.2) is 78.3 Å². The van der Waals surface area contributed by atoms with E-state index in [4.69, 9.17) is 4.74 Å². The minimum absolute atomic E-state index is 0.160. The van der Waals surface area contributed by atoms with Gasteiger partial charge in [0.05, 0.1) is 31.6 Å². The number of aliphatic hydroxyl groups is 1. The van der Waals surface area contributed by atoms with Crippen molar-refractivity contribution in [3.8, 4) is 11.1 Å². The molecule has 3 aromatic rings. The highest BCUT2D eigenvalue weighted by molar-refractivity contribution is 7.88. The van der Waals surface area contributed by atoms with E-state index in [1.165, 1.54) is 17.6 Å². The van der Waals surface area contributed by atoms with E-state index in [2.05, 4.69) is 0 Å². The molecule has 36 heavy (non-hydrogen) atoms. The molecule has 1 aliphatic heterocycles. The van der Waals surface area contributed by atoms with E-state index >= 15 is 0 Å². The molecule has 194 valence electrons. The van der Waals surface area contributed by atoms with Gasteiger partial charge in [0.15, 0.2) is 0 Å². The molecule has 8 nitrogen and oxygen atoms in total. The largest absolute Gasteiger partial charge is 0.394 e. The second-order valence-corrected chi connectivity index (χ2v) is 11.9. The number of likely N-dealkylation sites (N-methyl/N-ethyl adjacent to an activating group) is 1. The maximum atomic E-state index is 14.2. The summed E-state index contributed by atoms with van der Waals surface area (Å²) in [4.78, 5) is 15.9. The number of hydrogen-bond donors (Lipinski definition) is 1. The summed E-state index contributed by atoms with van der Waals surface area (Å²) < 4.78 is 33.9. The van der Waals surface area contributed by atoms with Crippen LogP contribution < -0.4 is 0 Å². The molecule has 1 amide bonds. The van der Waals surface area contributed by atoms with Gasteiger partial charge in [0.25, 0.3) is 5.91 Å². The third-order valence-electron chi connectivity index (χ3n) is 7.23. The molecule has 0 fully saturated rings. The smallest absolute Gasteiger partial charge is 0.271 e. The van der Waals surface area contributed by atoms with Crippen LogP contribution in [0.2, 0.25) is 0 Å². The molecule has 1 N–H and O–H groups in total. The minimum Gasteiger partial charge on any atom is -0.394 e. The molecule has 2 heterocycles. The van der Waals surface area contributed by atoms with Crippen LogP contribution in [0.5, 0.6) is 0 Å². The zero-order valence-corrected chi connectivity index (χ0v) is 22.3. The maximum absolute atomic E-state index is 14.2. The number of benzene rings is 2. The lowest BCUT2D eigenvalue weighted by Gasteiger charge is -2.34. The highest BCUT2D eigenvalue weighted by atomic mass is 32.2. The van der Waals surface area contributed by atoms with Gasteiger partial charge in [-0.05, 0) is 24.1 Å². The van der Waals surface area contributed by atoms with Crippen LogP contribution in [0.25, 0.3) is 22.0 Å². The number of aliphatic hydroxyl groups excluding tert-OH is 1. The summed E-state index contributed by atoms with van der Waals surface area (Å²) in [7, 11) is 0.0180. The van der Waals surface area contributed by atoms with Crippen LogP contribution in [-0.2, 0) is 28.4 Å². The van der Waals surface area contributed by atoms with E-state index in [1.54, 1.807) is 4.90 Å². The van der Waals surface area contributed by atoms with Gasteiger partial charge in [-0.15, -0.1) is 0 Å². The number of carbonyl (C=O) groups excluding carboxylic acids is 1. The third-order valence-corrected chi connectivity index (χ3v) is 8.51. The molecular weight excluding hydrogens is 478 g/mol. The molecule has 0 unspecified atom stereocenters. The molecule has 3 atom stereocenters. The number of nitrogens with zero attached hydrogens (tertiary/aromatic N) is 3. The van der Waals surface area contributed by atoms with Crippen LogP contribution in [0, 0.1) is 5.92 Å². The SMILES string of the molecule is C[C@H](CO)N1C[C@H](C)[C@@H](CN(C)S(C)(=O)=O)OCc2ccccc2-c2c(n(C)c3ccccc23)C1=O. The number of sulfonamides is 1. The zero-order valence-electron chi connectivity index (χ0n) is 21.5. The summed E-state index contributed by atoms with van der Waals surface area (Å²) in [5, 5.41) is 11.0. The van der Waals surface area contributed by atoms with E-state index in [0.717, 1.165) is 27.6 Å². The van der Waals surface area contributed by atoms with E-state index in [0.29, 0.717) is 12.2 Å². The monoisotopic (exact) mass is 513 g/mol.